The molecule has 4 aromatic carbocycles. The Hall–Kier alpha value is -4.73. The highest BCUT2D eigenvalue weighted by Crippen LogP contribution is 2.60. The highest BCUT2D eigenvalue weighted by atomic mass is 16.5. The maximum Gasteiger partial charge on any atom is 0.250 e. The number of hydrogen-bond acceptors (Lipinski definition) is 6. The molecule has 7 rings (SSSR count). The van der Waals surface area contributed by atoms with E-state index in [-0.39, 0.29) is 11.8 Å². The van der Waals surface area contributed by atoms with E-state index in [1.807, 2.05) is 79.7 Å². The summed E-state index contributed by atoms with van der Waals surface area (Å²) in [6, 6.07) is 27.9. The van der Waals surface area contributed by atoms with E-state index in [1.165, 1.54) is 4.90 Å². The van der Waals surface area contributed by atoms with Crippen molar-refractivity contribution in [1.82, 2.24) is 4.90 Å². The molecule has 1 spiro atoms. The molecule has 0 radical (unpaired) electrons. The zero-order valence-corrected chi connectivity index (χ0v) is 24.9. The van der Waals surface area contributed by atoms with Gasteiger partial charge in [-0.1, -0.05) is 60.7 Å². The molecule has 3 N–H and O–H groups in total. The number of anilines is 2. The zero-order valence-electron chi connectivity index (χ0n) is 24.9. The van der Waals surface area contributed by atoms with Crippen molar-refractivity contribution in [3.63, 3.8) is 0 Å². The van der Waals surface area contributed by atoms with Crippen LogP contribution in [-0.2, 0) is 19.1 Å². The third-order valence-corrected chi connectivity index (χ3v) is 9.43. The third-order valence-electron chi connectivity index (χ3n) is 9.43. The molecular formula is C36H35N3O6. The van der Waals surface area contributed by atoms with Gasteiger partial charge in [-0.15, -0.1) is 0 Å². The van der Waals surface area contributed by atoms with Crippen LogP contribution < -0.4 is 15.4 Å². The number of carbonyl (C=O) groups is 3. The quantitative estimate of drug-likeness (QED) is 0.249. The summed E-state index contributed by atoms with van der Waals surface area (Å²) < 4.78 is 12.1. The maximum absolute atomic E-state index is 14.5. The van der Waals surface area contributed by atoms with Crippen LogP contribution in [0.15, 0.2) is 97.1 Å². The van der Waals surface area contributed by atoms with Crippen molar-refractivity contribution in [3.8, 4) is 5.75 Å². The molecule has 9 heteroatoms. The Morgan fingerprint density at radius 1 is 0.933 bits per heavy atom. The normalized spacial score (nSPS) is 25.6. The molecule has 2 unspecified atom stereocenters. The van der Waals surface area contributed by atoms with Gasteiger partial charge in [0.2, 0.25) is 17.7 Å². The van der Waals surface area contributed by atoms with E-state index in [1.54, 1.807) is 24.3 Å². The van der Waals surface area contributed by atoms with Gasteiger partial charge in [0, 0.05) is 11.4 Å². The number of aliphatic hydroxyl groups is 1. The van der Waals surface area contributed by atoms with E-state index in [0.717, 1.165) is 10.8 Å². The summed E-state index contributed by atoms with van der Waals surface area (Å²) in [4.78, 5) is 44.2. The second kappa shape index (κ2) is 11.6. The van der Waals surface area contributed by atoms with E-state index < -0.39 is 48.1 Å². The minimum absolute atomic E-state index is 0.333. The number of benzene rings is 4. The fourth-order valence-electron chi connectivity index (χ4n) is 7.56. The van der Waals surface area contributed by atoms with Gasteiger partial charge in [0.25, 0.3) is 0 Å². The number of hydrogen-bond donors (Lipinski definition) is 3. The van der Waals surface area contributed by atoms with E-state index in [2.05, 4.69) is 10.6 Å². The summed E-state index contributed by atoms with van der Waals surface area (Å²) in [7, 11) is 0. The number of amides is 3. The van der Waals surface area contributed by atoms with Crippen LogP contribution in [0.5, 0.6) is 5.75 Å². The lowest BCUT2D eigenvalue weighted by Crippen LogP contribution is -2.54. The minimum Gasteiger partial charge on any atom is -0.494 e. The highest BCUT2D eigenvalue weighted by molar-refractivity contribution is 6.05. The number of fused-ring (bicyclic) bond motifs is 2. The molecule has 0 aliphatic carbocycles. The van der Waals surface area contributed by atoms with Crippen molar-refractivity contribution >= 4 is 39.9 Å². The van der Waals surface area contributed by atoms with Crippen molar-refractivity contribution in [1.29, 1.82) is 0 Å². The van der Waals surface area contributed by atoms with Gasteiger partial charge in [0.1, 0.15) is 17.4 Å². The lowest BCUT2D eigenvalue weighted by atomic mass is 9.70. The summed E-state index contributed by atoms with van der Waals surface area (Å²) in [6.45, 7) is 2.03. The van der Waals surface area contributed by atoms with Crippen LogP contribution in [0.3, 0.4) is 0 Å². The first-order chi connectivity index (χ1) is 21.9. The number of nitrogens with one attached hydrogen (secondary N) is 2. The van der Waals surface area contributed by atoms with Crippen LogP contribution in [0.2, 0.25) is 0 Å². The number of nitrogens with zero attached hydrogens (tertiary/aromatic N) is 1. The minimum atomic E-state index is -1.22. The van der Waals surface area contributed by atoms with E-state index in [4.69, 9.17) is 9.47 Å². The molecule has 3 amide bonds. The smallest absolute Gasteiger partial charge is 0.250 e. The third kappa shape index (κ3) is 4.92. The van der Waals surface area contributed by atoms with Crippen LogP contribution in [0.1, 0.15) is 31.4 Å². The van der Waals surface area contributed by atoms with E-state index in [9.17, 15) is 19.5 Å². The number of rotatable bonds is 9. The molecule has 45 heavy (non-hydrogen) atoms. The summed E-state index contributed by atoms with van der Waals surface area (Å²) in [5, 5.41) is 18.7. The van der Waals surface area contributed by atoms with E-state index >= 15 is 0 Å². The Balaban J connectivity index is 1.24. The Morgan fingerprint density at radius 2 is 1.62 bits per heavy atom. The molecule has 3 heterocycles. The molecule has 0 aromatic heterocycles. The Kier molecular flexibility index (Phi) is 7.51. The number of ether oxygens (including phenoxy) is 2. The van der Waals surface area contributed by atoms with Gasteiger partial charge in [0.15, 0.2) is 0 Å². The Morgan fingerprint density at radius 3 is 2.36 bits per heavy atom. The van der Waals surface area contributed by atoms with Gasteiger partial charge in [-0.2, -0.15) is 0 Å². The summed E-state index contributed by atoms with van der Waals surface area (Å²) in [5.41, 5.74) is 0.638. The zero-order chi connectivity index (χ0) is 31.1. The van der Waals surface area contributed by atoms with Gasteiger partial charge in [0.05, 0.1) is 37.2 Å². The summed E-state index contributed by atoms with van der Waals surface area (Å²) in [5.74, 6) is -2.11. The average Bonchev–Trinajstić information content (AvgIpc) is 3.70. The van der Waals surface area contributed by atoms with Crippen LogP contribution in [0.4, 0.5) is 11.4 Å². The number of aliphatic hydroxyl groups excluding tert-OH is 1. The second-order valence-corrected chi connectivity index (χ2v) is 11.9. The first-order valence-electron chi connectivity index (χ1n) is 15.4. The van der Waals surface area contributed by atoms with Gasteiger partial charge in [-0.05, 0) is 72.5 Å². The monoisotopic (exact) mass is 605 g/mol. The van der Waals surface area contributed by atoms with Gasteiger partial charge in [-0.3, -0.25) is 14.4 Å². The standard InChI is InChI=1S/C36H35N3O6/c1-2-44-27-16-14-25(15-17-27)37-33(41)30-29-18-19-36(45-29)31(30)35(43)39(28(21-40)23-9-4-3-5-10-23)32(36)34(42)38-26-13-12-22-8-6-7-11-24(22)20-26/h3-17,20,28-32,40H,2,18-19,21H2,1H3,(H,37,41)(H,38,42)/t28-,29+,30-,31+,32?,36?/m1/s1. The largest absolute Gasteiger partial charge is 0.494 e. The Labute approximate surface area is 261 Å². The SMILES string of the molecule is CCOc1ccc(NC(=O)[C@@H]2[C@@H]3CCC4(O3)C(C(=O)Nc3ccc5ccccc5c3)N([C@H](CO)c3ccccc3)C(=O)[C@H]24)cc1. The van der Waals surface area contributed by atoms with Crippen LogP contribution in [-0.4, -0.2) is 58.7 Å². The second-order valence-electron chi connectivity index (χ2n) is 11.9. The number of likely N-dealkylation sites (tertiary alicyclic amines) is 1. The van der Waals surface area contributed by atoms with Crippen LogP contribution >= 0.6 is 0 Å². The van der Waals surface area contributed by atoms with Gasteiger partial charge in [-0.25, -0.2) is 0 Å². The first-order valence-corrected chi connectivity index (χ1v) is 15.4. The lowest BCUT2D eigenvalue weighted by molar-refractivity contribution is -0.143. The van der Waals surface area contributed by atoms with Gasteiger partial charge >= 0.3 is 0 Å². The van der Waals surface area contributed by atoms with E-state index in [0.29, 0.717) is 42.1 Å². The van der Waals surface area contributed by atoms with Crippen molar-refractivity contribution < 1.29 is 29.0 Å². The highest BCUT2D eigenvalue weighted by Gasteiger charge is 2.75. The molecular weight excluding hydrogens is 570 g/mol. The fraction of sp³-hybridized carbons (Fsp3) is 0.306. The summed E-state index contributed by atoms with van der Waals surface area (Å²) in [6.07, 6.45) is 0.470. The van der Waals surface area contributed by atoms with Crippen molar-refractivity contribution in [2.75, 3.05) is 23.8 Å². The molecule has 3 aliphatic heterocycles. The predicted molar refractivity (Wildman–Crippen MR) is 170 cm³/mol. The van der Waals surface area contributed by atoms with Crippen molar-refractivity contribution in [2.24, 2.45) is 11.8 Å². The predicted octanol–water partition coefficient (Wildman–Crippen LogP) is 4.92. The molecule has 6 atom stereocenters. The Bertz CT molecular complexity index is 1750. The molecule has 4 aromatic rings. The molecule has 3 fully saturated rings. The molecule has 3 saturated heterocycles. The van der Waals surface area contributed by atoms with Crippen LogP contribution in [0.25, 0.3) is 10.8 Å². The summed E-state index contributed by atoms with van der Waals surface area (Å²) >= 11 is 0. The van der Waals surface area contributed by atoms with Crippen molar-refractivity contribution in [2.45, 2.75) is 43.6 Å². The fourth-order valence-corrected chi connectivity index (χ4v) is 7.56. The lowest BCUT2D eigenvalue weighted by Gasteiger charge is -2.36. The molecule has 0 saturated carbocycles. The topological polar surface area (TPSA) is 117 Å². The molecule has 3 aliphatic rings. The number of carbonyl (C=O) groups excluding carboxylic acids is 3. The van der Waals surface area contributed by atoms with Crippen molar-refractivity contribution in [3.05, 3.63) is 103 Å². The van der Waals surface area contributed by atoms with Crippen LogP contribution in [0, 0.1) is 11.8 Å². The first kappa shape index (κ1) is 29.0. The maximum atomic E-state index is 14.5. The van der Waals surface area contributed by atoms with Gasteiger partial charge < -0.3 is 30.1 Å². The molecule has 230 valence electrons. The molecule has 9 nitrogen and oxygen atoms in total. The average molecular weight is 606 g/mol. The molecule has 2 bridgehead atoms.